The number of benzene rings is 1. The van der Waals surface area contributed by atoms with Crippen LogP contribution in [-0.2, 0) is 13.0 Å². The van der Waals surface area contributed by atoms with E-state index in [2.05, 4.69) is 16.7 Å². The van der Waals surface area contributed by atoms with Crippen molar-refractivity contribution in [1.82, 2.24) is 10.6 Å². The van der Waals surface area contributed by atoms with E-state index in [-0.39, 0.29) is 5.91 Å². The Labute approximate surface area is 118 Å². The normalized spacial score (nSPS) is 22.0. The molecule has 19 heavy (non-hydrogen) atoms. The Kier molecular flexibility index (Phi) is 4.09. The van der Waals surface area contributed by atoms with Crippen molar-refractivity contribution < 1.29 is 4.79 Å². The Bertz CT molecular complexity index is 469. The molecule has 1 atom stereocenters. The maximum absolute atomic E-state index is 12.1. The minimum absolute atomic E-state index is 0.0743. The van der Waals surface area contributed by atoms with Crippen molar-refractivity contribution in [3.8, 4) is 0 Å². The lowest BCUT2D eigenvalue weighted by Gasteiger charge is -2.18. The van der Waals surface area contributed by atoms with Crippen molar-refractivity contribution in [2.24, 2.45) is 5.92 Å². The van der Waals surface area contributed by atoms with Gasteiger partial charge in [-0.1, -0.05) is 6.07 Å². The van der Waals surface area contributed by atoms with Gasteiger partial charge in [-0.15, -0.1) is 0 Å². The highest BCUT2D eigenvalue weighted by Crippen LogP contribution is 2.22. The minimum atomic E-state index is 0.0743. The molecule has 1 amide bonds. The molecule has 0 aromatic heterocycles. The van der Waals surface area contributed by atoms with Crippen LogP contribution in [0.25, 0.3) is 0 Å². The van der Waals surface area contributed by atoms with Crippen LogP contribution in [0.1, 0.15) is 27.9 Å². The lowest BCUT2D eigenvalue weighted by Crippen LogP contribution is -2.30. The van der Waals surface area contributed by atoms with Crippen LogP contribution in [0.5, 0.6) is 0 Å². The molecule has 0 spiro atoms. The molecule has 2 heterocycles. The molecule has 1 saturated heterocycles. The van der Waals surface area contributed by atoms with Gasteiger partial charge in [-0.3, -0.25) is 4.79 Å². The second-order valence-electron chi connectivity index (χ2n) is 5.35. The lowest BCUT2D eigenvalue weighted by molar-refractivity contribution is 0.0948. The molecule has 0 saturated carbocycles. The van der Waals surface area contributed by atoms with Gasteiger partial charge in [0.1, 0.15) is 0 Å². The van der Waals surface area contributed by atoms with Crippen LogP contribution in [0.3, 0.4) is 0 Å². The van der Waals surface area contributed by atoms with Gasteiger partial charge in [0.2, 0.25) is 0 Å². The molecule has 3 rings (SSSR count). The summed E-state index contributed by atoms with van der Waals surface area (Å²) in [6, 6.07) is 6.11. The molecule has 1 fully saturated rings. The van der Waals surface area contributed by atoms with Crippen LogP contribution in [0.15, 0.2) is 18.2 Å². The first kappa shape index (κ1) is 13.0. The molecule has 102 valence electrons. The molecular formula is C15H20N2OS. The summed E-state index contributed by atoms with van der Waals surface area (Å²) >= 11 is 1.99. The summed E-state index contributed by atoms with van der Waals surface area (Å²) in [5, 5.41) is 6.42. The van der Waals surface area contributed by atoms with Crippen molar-refractivity contribution in [3.63, 3.8) is 0 Å². The standard InChI is InChI=1S/C15H20N2OS/c18-15(17-8-11-4-6-19-10-11)13-2-1-12-3-5-16-9-14(12)7-13/h1-2,7,11,16H,3-6,8-10H2,(H,17,18). The molecule has 0 bridgehead atoms. The topological polar surface area (TPSA) is 41.1 Å². The van der Waals surface area contributed by atoms with Gasteiger partial charge < -0.3 is 10.6 Å². The van der Waals surface area contributed by atoms with Gasteiger partial charge in [-0.05, 0) is 60.1 Å². The molecule has 2 aliphatic rings. The van der Waals surface area contributed by atoms with E-state index in [1.165, 1.54) is 29.1 Å². The zero-order chi connectivity index (χ0) is 13.1. The molecule has 1 aromatic rings. The third kappa shape index (κ3) is 3.12. The third-order valence-electron chi connectivity index (χ3n) is 3.93. The first-order valence-corrected chi connectivity index (χ1v) is 8.17. The highest BCUT2D eigenvalue weighted by Gasteiger charge is 2.17. The average Bonchev–Trinajstić information content (AvgIpc) is 2.97. The number of carbonyl (C=O) groups excluding carboxylic acids is 1. The minimum Gasteiger partial charge on any atom is -0.352 e. The number of amides is 1. The first-order chi connectivity index (χ1) is 9.33. The van der Waals surface area contributed by atoms with Crippen LogP contribution < -0.4 is 10.6 Å². The van der Waals surface area contributed by atoms with E-state index < -0.39 is 0 Å². The fraction of sp³-hybridized carbons (Fsp3) is 0.533. The number of hydrogen-bond acceptors (Lipinski definition) is 3. The van der Waals surface area contributed by atoms with Crippen molar-refractivity contribution in [2.75, 3.05) is 24.6 Å². The predicted octanol–water partition coefficient (Wildman–Crippen LogP) is 1.82. The summed E-state index contributed by atoms with van der Waals surface area (Å²) in [6.45, 7) is 2.74. The zero-order valence-electron chi connectivity index (χ0n) is 11.1. The molecule has 2 N–H and O–H groups in total. The Morgan fingerprint density at radius 3 is 3.21 bits per heavy atom. The van der Waals surface area contributed by atoms with Gasteiger partial charge in [0.05, 0.1) is 0 Å². The van der Waals surface area contributed by atoms with E-state index in [0.29, 0.717) is 5.92 Å². The average molecular weight is 276 g/mol. The number of thioether (sulfide) groups is 1. The van der Waals surface area contributed by atoms with Crippen LogP contribution in [0, 0.1) is 5.92 Å². The number of carbonyl (C=O) groups is 1. The summed E-state index contributed by atoms with van der Waals surface area (Å²) in [4.78, 5) is 12.1. The monoisotopic (exact) mass is 276 g/mol. The highest BCUT2D eigenvalue weighted by atomic mass is 32.2. The SMILES string of the molecule is O=C(NCC1CCSC1)c1ccc2c(c1)CNCC2. The van der Waals surface area contributed by atoms with E-state index in [0.717, 1.165) is 31.6 Å². The molecule has 0 aliphatic carbocycles. The maximum Gasteiger partial charge on any atom is 0.251 e. The van der Waals surface area contributed by atoms with Crippen LogP contribution in [0.4, 0.5) is 0 Å². The van der Waals surface area contributed by atoms with Gasteiger partial charge in [0, 0.05) is 18.7 Å². The quantitative estimate of drug-likeness (QED) is 0.885. The van der Waals surface area contributed by atoms with Crippen molar-refractivity contribution >= 4 is 17.7 Å². The first-order valence-electron chi connectivity index (χ1n) is 7.01. The number of fused-ring (bicyclic) bond motifs is 1. The second kappa shape index (κ2) is 5.97. The van der Waals surface area contributed by atoms with Gasteiger partial charge in [-0.25, -0.2) is 0 Å². The fourth-order valence-electron chi connectivity index (χ4n) is 2.71. The van der Waals surface area contributed by atoms with Gasteiger partial charge >= 0.3 is 0 Å². The molecule has 0 radical (unpaired) electrons. The summed E-state index contributed by atoms with van der Waals surface area (Å²) in [5.41, 5.74) is 3.45. The molecule has 4 heteroatoms. The Morgan fingerprint density at radius 2 is 2.37 bits per heavy atom. The second-order valence-corrected chi connectivity index (χ2v) is 6.50. The molecule has 3 nitrogen and oxygen atoms in total. The van der Waals surface area contributed by atoms with Crippen molar-refractivity contribution in [1.29, 1.82) is 0 Å². The highest BCUT2D eigenvalue weighted by molar-refractivity contribution is 7.99. The van der Waals surface area contributed by atoms with E-state index in [9.17, 15) is 4.79 Å². The number of rotatable bonds is 3. The molecule has 1 aromatic carbocycles. The van der Waals surface area contributed by atoms with E-state index in [1.807, 2.05) is 23.9 Å². The molecule has 2 aliphatic heterocycles. The van der Waals surface area contributed by atoms with Crippen LogP contribution >= 0.6 is 11.8 Å². The van der Waals surface area contributed by atoms with Gasteiger partial charge in [0.15, 0.2) is 0 Å². The van der Waals surface area contributed by atoms with Crippen molar-refractivity contribution in [2.45, 2.75) is 19.4 Å². The summed E-state index contributed by atoms with van der Waals surface area (Å²) in [7, 11) is 0. The van der Waals surface area contributed by atoms with E-state index >= 15 is 0 Å². The lowest BCUT2D eigenvalue weighted by atomic mass is 9.98. The fourth-order valence-corrected chi connectivity index (χ4v) is 3.99. The third-order valence-corrected chi connectivity index (χ3v) is 5.16. The smallest absolute Gasteiger partial charge is 0.251 e. The Hall–Kier alpha value is -1.00. The predicted molar refractivity (Wildman–Crippen MR) is 79.6 cm³/mol. The molecular weight excluding hydrogens is 256 g/mol. The van der Waals surface area contributed by atoms with Crippen LogP contribution in [-0.4, -0.2) is 30.5 Å². The number of nitrogens with one attached hydrogen (secondary N) is 2. The Morgan fingerprint density at radius 1 is 1.42 bits per heavy atom. The van der Waals surface area contributed by atoms with E-state index in [1.54, 1.807) is 0 Å². The zero-order valence-corrected chi connectivity index (χ0v) is 11.9. The molecule has 1 unspecified atom stereocenters. The largest absolute Gasteiger partial charge is 0.352 e. The summed E-state index contributed by atoms with van der Waals surface area (Å²) in [6.07, 6.45) is 2.30. The maximum atomic E-state index is 12.1. The van der Waals surface area contributed by atoms with Gasteiger partial charge in [-0.2, -0.15) is 11.8 Å². The van der Waals surface area contributed by atoms with Gasteiger partial charge in [0.25, 0.3) is 5.91 Å². The van der Waals surface area contributed by atoms with Crippen LogP contribution in [0.2, 0.25) is 0 Å². The summed E-state index contributed by atoms with van der Waals surface area (Å²) < 4.78 is 0. The Balaban J connectivity index is 1.62. The number of hydrogen-bond donors (Lipinski definition) is 2. The van der Waals surface area contributed by atoms with E-state index in [4.69, 9.17) is 0 Å². The summed E-state index contributed by atoms with van der Waals surface area (Å²) in [5.74, 6) is 3.16. The van der Waals surface area contributed by atoms with Crippen molar-refractivity contribution in [3.05, 3.63) is 34.9 Å².